The molecule has 1 saturated carbocycles. The van der Waals surface area contributed by atoms with E-state index >= 15 is 0 Å². The average molecular weight is 136 g/mol. The van der Waals surface area contributed by atoms with E-state index in [1.807, 2.05) is 0 Å². The lowest BCUT2D eigenvalue weighted by Gasteiger charge is -2.19. The first kappa shape index (κ1) is 7.60. The van der Waals surface area contributed by atoms with E-state index in [2.05, 4.69) is 6.07 Å². The van der Waals surface area contributed by atoms with Gasteiger partial charge in [-0.1, -0.05) is 19.3 Å². The van der Waals surface area contributed by atoms with E-state index in [4.69, 9.17) is 5.26 Å². The summed E-state index contributed by atoms with van der Waals surface area (Å²) >= 11 is 0. The summed E-state index contributed by atoms with van der Waals surface area (Å²) in [5, 5.41) is 8.33. The Balaban J connectivity index is 2.09. The molecule has 0 saturated heterocycles. The van der Waals surface area contributed by atoms with E-state index in [1.54, 1.807) is 5.92 Å². The molecule has 10 heavy (non-hydrogen) atoms. The zero-order valence-electron chi connectivity index (χ0n) is 6.40. The van der Waals surface area contributed by atoms with Gasteiger partial charge in [-0.05, 0) is 25.2 Å². The zero-order valence-corrected chi connectivity index (χ0v) is 6.40. The van der Waals surface area contributed by atoms with Crippen molar-refractivity contribution in [1.82, 2.24) is 0 Å². The molecule has 0 bridgehead atoms. The van der Waals surface area contributed by atoms with Gasteiger partial charge in [-0.15, -0.1) is 0 Å². The molecule has 0 unspecified atom stereocenters. The third-order valence-electron chi connectivity index (χ3n) is 2.15. The summed E-state index contributed by atoms with van der Waals surface area (Å²) in [6, 6.07) is 2.19. The van der Waals surface area contributed by atoms with Crippen molar-refractivity contribution in [2.45, 2.75) is 44.9 Å². The summed E-state index contributed by atoms with van der Waals surface area (Å²) in [5.74, 6) is 1.63. The quantitative estimate of drug-likeness (QED) is 0.572. The van der Waals surface area contributed by atoms with Crippen LogP contribution in [0.1, 0.15) is 44.9 Å². The topological polar surface area (TPSA) is 23.8 Å². The molecule has 1 radical (unpaired) electrons. The van der Waals surface area contributed by atoms with Crippen LogP contribution >= 0.6 is 0 Å². The van der Waals surface area contributed by atoms with E-state index in [-0.39, 0.29) is 0 Å². The van der Waals surface area contributed by atoms with Gasteiger partial charge >= 0.3 is 0 Å². The molecule has 1 aliphatic rings. The van der Waals surface area contributed by atoms with Crippen LogP contribution in [0.2, 0.25) is 0 Å². The predicted molar refractivity (Wildman–Crippen MR) is 41.2 cm³/mol. The second-order valence-corrected chi connectivity index (χ2v) is 2.97. The van der Waals surface area contributed by atoms with Crippen LogP contribution in [0.3, 0.4) is 0 Å². The van der Waals surface area contributed by atoms with Crippen molar-refractivity contribution in [1.29, 1.82) is 5.26 Å². The summed E-state index contributed by atoms with van der Waals surface area (Å²) in [6.07, 6.45) is 8.51. The Hall–Kier alpha value is -0.510. The summed E-state index contributed by atoms with van der Waals surface area (Å²) in [6.45, 7) is 0. The van der Waals surface area contributed by atoms with Crippen molar-refractivity contribution in [2.75, 3.05) is 0 Å². The van der Waals surface area contributed by atoms with Crippen LogP contribution < -0.4 is 0 Å². The molecule has 1 rings (SSSR count). The predicted octanol–water partition coefficient (Wildman–Crippen LogP) is 2.83. The summed E-state index contributed by atoms with van der Waals surface area (Å²) < 4.78 is 0. The van der Waals surface area contributed by atoms with E-state index in [0.29, 0.717) is 0 Å². The summed E-state index contributed by atoms with van der Waals surface area (Å²) in [5.41, 5.74) is 0. The van der Waals surface area contributed by atoms with Crippen LogP contribution in [0.15, 0.2) is 0 Å². The van der Waals surface area contributed by atoms with Crippen molar-refractivity contribution in [3.8, 4) is 6.07 Å². The maximum atomic E-state index is 8.33. The van der Waals surface area contributed by atoms with Gasteiger partial charge in [0.1, 0.15) is 0 Å². The minimum atomic E-state index is 0.731. The van der Waals surface area contributed by atoms with Gasteiger partial charge in [0.2, 0.25) is 0 Å². The van der Waals surface area contributed by atoms with Crippen molar-refractivity contribution in [2.24, 2.45) is 0 Å². The lowest BCUT2D eigenvalue weighted by molar-refractivity contribution is 0.508. The molecule has 0 heterocycles. The second-order valence-electron chi connectivity index (χ2n) is 2.97. The molecule has 1 fully saturated rings. The first-order valence-electron chi connectivity index (χ1n) is 4.14. The van der Waals surface area contributed by atoms with Crippen LogP contribution in [-0.4, -0.2) is 0 Å². The van der Waals surface area contributed by atoms with E-state index in [0.717, 1.165) is 12.8 Å². The Morgan fingerprint density at radius 3 is 2.50 bits per heavy atom. The van der Waals surface area contributed by atoms with Crippen LogP contribution in [0, 0.1) is 17.2 Å². The van der Waals surface area contributed by atoms with E-state index in [1.165, 1.54) is 32.1 Å². The molecule has 0 aromatic heterocycles. The SMILES string of the molecule is N#CCC[C]1CCCCC1. The maximum Gasteiger partial charge on any atom is 0.0621 e. The van der Waals surface area contributed by atoms with Crippen molar-refractivity contribution < 1.29 is 0 Å². The van der Waals surface area contributed by atoms with Crippen molar-refractivity contribution >= 4 is 0 Å². The highest BCUT2D eigenvalue weighted by Gasteiger charge is 2.12. The fraction of sp³-hybridized carbons (Fsp3) is 0.778. The molecular formula is C9H14N. The fourth-order valence-electron chi connectivity index (χ4n) is 1.53. The van der Waals surface area contributed by atoms with Gasteiger partial charge in [0, 0.05) is 6.42 Å². The Morgan fingerprint density at radius 2 is 1.90 bits per heavy atom. The van der Waals surface area contributed by atoms with Gasteiger partial charge in [-0.3, -0.25) is 0 Å². The van der Waals surface area contributed by atoms with Crippen LogP contribution in [0.5, 0.6) is 0 Å². The van der Waals surface area contributed by atoms with Gasteiger partial charge in [0.05, 0.1) is 6.07 Å². The number of rotatable bonds is 2. The van der Waals surface area contributed by atoms with Crippen LogP contribution in [-0.2, 0) is 0 Å². The lowest BCUT2D eigenvalue weighted by atomic mass is 9.86. The number of hydrogen-bond acceptors (Lipinski definition) is 1. The van der Waals surface area contributed by atoms with Gasteiger partial charge in [0.25, 0.3) is 0 Å². The van der Waals surface area contributed by atoms with Gasteiger partial charge in [-0.25, -0.2) is 0 Å². The monoisotopic (exact) mass is 136 g/mol. The van der Waals surface area contributed by atoms with Crippen molar-refractivity contribution in [3.05, 3.63) is 5.92 Å². The molecule has 0 spiro atoms. The third-order valence-corrected chi connectivity index (χ3v) is 2.15. The normalized spacial score (nSPS) is 20.3. The fourth-order valence-corrected chi connectivity index (χ4v) is 1.53. The molecular weight excluding hydrogens is 122 g/mol. The Kier molecular flexibility index (Phi) is 3.29. The molecule has 0 aromatic carbocycles. The minimum absolute atomic E-state index is 0.731. The first-order valence-corrected chi connectivity index (χ1v) is 4.14. The molecule has 1 nitrogen and oxygen atoms in total. The van der Waals surface area contributed by atoms with Gasteiger partial charge < -0.3 is 0 Å². The molecule has 1 aliphatic carbocycles. The van der Waals surface area contributed by atoms with Gasteiger partial charge in [0.15, 0.2) is 0 Å². The Bertz CT molecular complexity index is 117. The smallest absolute Gasteiger partial charge is 0.0621 e. The maximum absolute atomic E-state index is 8.33. The first-order chi connectivity index (χ1) is 4.93. The summed E-state index contributed by atoms with van der Waals surface area (Å²) in [4.78, 5) is 0. The molecule has 0 N–H and O–H groups in total. The largest absolute Gasteiger partial charge is 0.198 e. The zero-order chi connectivity index (χ0) is 7.23. The van der Waals surface area contributed by atoms with E-state index in [9.17, 15) is 0 Å². The molecule has 1 heteroatoms. The lowest BCUT2D eigenvalue weighted by Crippen LogP contribution is -2.02. The molecule has 0 amide bonds. The number of nitrogens with zero attached hydrogens (tertiary/aromatic N) is 1. The van der Waals surface area contributed by atoms with E-state index < -0.39 is 0 Å². The highest BCUT2D eigenvalue weighted by molar-refractivity contribution is 4.94. The molecule has 0 atom stereocenters. The third kappa shape index (κ3) is 2.39. The van der Waals surface area contributed by atoms with Crippen LogP contribution in [0.4, 0.5) is 0 Å². The van der Waals surface area contributed by atoms with Gasteiger partial charge in [-0.2, -0.15) is 5.26 Å². The molecule has 55 valence electrons. The Labute approximate surface area is 63.0 Å². The summed E-state index contributed by atoms with van der Waals surface area (Å²) in [7, 11) is 0. The molecule has 0 aromatic rings. The highest BCUT2D eigenvalue weighted by atomic mass is 14.2. The number of hydrogen-bond donors (Lipinski definition) is 0. The molecule has 0 aliphatic heterocycles. The van der Waals surface area contributed by atoms with Crippen molar-refractivity contribution in [3.63, 3.8) is 0 Å². The van der Waals surface area contributed by atoms with Crippen LogP contribution in [0.25, 0.3) is 0 Å². The minimum Gasteiger partial charge on any atom is -0.198 e. The standard InChI is InChI=1S/C9H14N/c10-8-4-7-9-5-2-1-3-6-9/h1-7H2. The average Bonchev–Trinajstić information content (AvgIpc) is 2.03. The Morgan fingerprint density at radius 1 is 1.20 bits per heavy atom. The second kappa shape index (κ2) is 4.33. The number of nitriles is 1. The highest BCUT2D eigenvalue weighted by Crippen LogP contribution is 2.28.